The Balaban J connectivity index is 0.000000292. The van der Waals surface area contributed by atoms with E-state index in [1.165, 1.54) is 77.0 Å². The zero-order valence-corrected chi connectivity index (χ0v) is 55.0. The Morgan fingerprint density at radius 1 is 0.452 bits per heavy atom. The number of amides is 2. The van der Waals surface area contributed by atoms with Crippen LogP contribution in [0.4, 0.5) is 28.9 Å². The molecule has 0 aliphatic heterocycles. The van der Waals surface area contributed by atoms with Gasteiger partial charge in [-0.05, 0) is 157 Å². The number of carbonyl (C=O) groups is 4. The number of aromatic nitrogens is 2. The number of aliphatic hydroxyl groups excluding tert-OH is 4. The minimum atomic E-state index is -1.43. The van der Waals surface area contributed by atoms with Crippen LogP contribution in [0.5, 0.6) is 23.0 Å². The standard InChI is InChI=1S/2C35H38F2N2O7.Ca/c2*1-20(2)33-32(35(44)38-28-14-13-27(45-3)19-29(28)46-4)31(21-5-9-23(36)10-6-21)34(22-7-11-24(37)12-8-22)39(33)16-15-25(40)17-26(41)18-30(42)43;/h2*5-14,19-20,25-26,40-41H,15-18H2,1-4H3,(H,38,44)(H,42,43);/q;;+2/p-2/t2*25-,26-;/m11./s1. The van der Waals surface area contributed by atoms with Gasteiger partial charge in [0.25, 0.3) is 11.8 Å². The zero-order valence-electron chi connectivity index (χ0n) is 52.8. The van der Waals surface area contributed by atoms with E-state index in [0.29, 0.717) is 90.5 Å². The van der Waals surface area contributed by atoms with E-state index in [4.69, 9.17) is 18.9 Å². The van der Waals surface area contributed by atoms with E-state index in [0.717, 1.165) is 0 Å². The number of benzene rings is 6. The third kappa shape index (κ3) is 19.0. The SMILES string of the molecule is COc1ccc(NC(=O)c2c(-c3ccc(F)cc3)c(-c3ccc(F)cc3)n(CC[C@@H](O)C[C@@H](O)CC(=O)[O-])c2C(C)C)c(OC)c1.COc1ccc(NC(=O)c2c(-c3ccc(F)cc3)c(-c3ccc(F)cc3)n(CC[C@@H](O)C[C@@H](O)CC(=O)[O-])c2C(C)C)c(OC)c1.[Ca+2]. The quantitative estimate of drug-likeness (QED) is 0.0197. The maximum Gasteiger partial charge on any atom is 2.00 e. The Hall–Kier alpha value is -8.22. The van der Waals surface area contributed by atoms with Gasteiger partial charge in [0.2, 0.25) is 0 Å². The van der Waals surface area contributed by atoms with E-state index in [1.54, 1.807) is 84.9 Å². The van der Waals surface area contributed by atoms with Crippen LogP contribution in [0.25, 0.3) is 44.8 Å². The third-order valence-corrected chi connectivity index (χ3v) is 15.2. The number of nitrogens with one attached hydrogen (secondary N) is 2. The second-order valence-corrected chi connectivity index (χ2v) is 22.5. The molecule has 0 bridgehead atoms. The Bertz CT molecular complexity index is 3590. The van der Waals surface area contributed by atoms with Crippen molar-refractivity contribution in [1.82, 2.24) is 9.13 Å². The van der Waals surface area contributed by atoms with Gasteiger partial charge in [-0.3, -0.25) is 9.59 Å². The van der Waals surface area contributed by atoms with Gasteiger partial charge in [0.15, 0.2) is 0 Å². The van der Waals surface area contributed by atoms with Crippen LogP contribution < -0.4 is 39.8 Å². The summed E-state index contributed by atoms with van der Waals surface area (Å²) in [6.07, 6.45) is -6.25. The molecule has 0 aliphatic carbocycles. The summed E-state index contributed by atoms with van der Waals surface area (Å²) in [5, 5.41) is 69.4. The number of halogens is 4. The molecule has 0 aliphatic rings. The topological polar surface area (TPSA) is 266 Å². The Morgan fingerprint density at radius 2 is 0.753 bits per heavy atom. The van der Waals surface area contributed by atoms with Crippen molar-refractivity contribution in [3.05, 3.63) is 179 Å². The number of carboxylic acid groups (broad SMARTS) is 2. The molecular weight excluding hydrogens is 1240 g/mol. The second kappa shape index (κ2) is 34.1. The van der Waals surface area contributed by atoms with Gasteiger partial charge in [-0.1, -0.05) is 52.0 Å². The normalized spacial score (nSPS) is 12.4. The molecule has 2 heterocycles. The van der Waals surface area contributed by atoms with E-state index >= 15 is 0 Å². The van der Waals surface area contributed by atoms with Crippen LogP contribution in [0.1, 0.15) is 110 Å². The minimum absolute atomic E-state index is 0. The molecule has 4 atom stereocenters. The Kier molecular flexibility index (Phi) is 27.1. The number of aliphatic carboxylic acids is 2. The monoisotopic (exact) mass is 1310 g/mol. The number of anilines is 2. The van der Waals surface area contributed by atoms with Crippen molar-refractivity contribution in [3.8, 4) is 67.8 Å². The number of hydrogen-bond acceptors (Lipinski definition) is 14. The van der Waals surface area contributed by atoms with Crippen molar-refractivity contribution >= 4 is 72.9 Å². The molecule has 23 heteroatoms. The first-order valence-electron chi connectivity index (χ1n) is 29.6. The van der Waals surface area contributed by atoms with Crippen molar-refractivity contribution in [2.75, 3.05) is 39.1 Å². The first-order chi connectivity index (χ1) is 43.9. The van der Waals surface area contributed by atoms with Crippen molar-refractivity contribution < 1.29 is 86.3 Å². The molecule has 18 nitrogen and oxygen atoms in total. The summed E-state index contributed by atoms with van der Waals surface area (Å²) in [6, 6.07) is 32.8. The molecule has 488 valence electrons. The molecule has 0 radical (unpaired) electrons. The largest absolute Gasteiger partial charge is 2.00 e. The summed E-state index contributed by atoms with van der Waals surface area (Å²) in [4.78, 5) is 50.6. The summed E-state index contributed by atoms with van der Waals surface area (Å²) >= 11 is 0. The summed E-state index contributed by atoms with van der Waals surface area (Å²) < 4.78 is 81.8. The number of rotatable bonds is 28. The van der Waals surface area contributed by atoms with Crippen LogP contribution in [-0.4, -0.2) is 144 Å². The van der Waals surface area contributed by atoms with Gasteiger partial charge in [-0.25, -0.2) is 17.6 Å². The van der Waals surface area contributed by atoms with Crippen LogP contribution in [0, 0.1) is 23.3 Å². The minimum Gasteiger partial charge on any atom is -0.550 e. The number of nitrogens with zero attached hydrogens (tertiary/aromatic N) is 2. The predicted molar refractivity (Wildman–Crippen MR) is 341 cm³/mol. The van der Waals surface area contributed by atoms with Crippen LogP contribution in [0.3, 0.4) is 0 Å². The number of carboxylic acids is 2. The first-order valence-corrected chi connectivity index (χ1v) is 29.6. The molecule has 0 saturated carbocycles. The number of carbonyl (C=O) groups excluding carboxylic acids is 4. The average Bonchev–Trinajstić information content (AvgIpc) is 1.60. The fraction of sp³-hybridized carbons (Fsp3) is 0.314. The molecule has 8 aromatic rings. The molecule has 2 amide bonds. The number of aliphatic hydroxyl groups is 4. The Labute approximate surface area is 566 Å². The van der Waals surface area contributed by atoms with Crippen molar-refractivity contribution in [2.45, 2.75) is 116 Å². The molecular formula is C70H74CaF4N4O14. The maximum absolute atomic E-state index is 14.4. The molecule has 6 aromatic carbocycles. The van der Waals surface area contributed by atoms with Gasteiger partial charge in [0, 0.05) is 72.5 Å². The fourth-order valence-corrected chi connectivity index (χ4v) is 11.2. The zero-order chi connectivity index (χ0) is 67.1. The smallest absolute Gasteiger partial charge is 0.550 e. The molecule has 0 saturated heterocycles. The van der Waals surface area contributed by atoms with E-state index in [-0.39, 0.29) is 99.5 Å². The van der Waals surface area contributed by atoms with Crippen molar-refractivity contribution in [2.24, 2.45) is 0 Å². The van der Waals surface area contributed by atoms with E-state index in [2.05, 4.69) is 10.6 Å². The van der Waals surface area contributed by atoms with Crippen LogP contribution in [-0.2, 0) is 22.7 Å². The first kappa shape index (κ1) is 73.8. The predicted octanol–water partition coefficient (Wildman–Crippen LogP) is 9.89. The van der Waals surface area contributed by atoms with Gasteiger partial charge in [0.05, 0.1) is 86.7 Å². The fourth-order valence-electron chi connectivity index (χ4n) is 11.2. The summed E-state index contributed by atoms with van der Waals surface area (Å²) in [5.41, 5.74) is 6.67. The summed E-state index contributed by atoms with van der Waals surface area (Å²) in [7, 11) is 5.95. The molecule has 0 unspecified atom stereocenters. The van der Waals surface area contributed by atoms with E-state index in [9.17, 15) is 67.4 Å². The summed E-state index contributed by atoms with van der Waals surface area (Å²) in [6.45, 7) is 7.90. The molecule has 8 rings (SSSR count). The molecule has 0 spiro atoms. The van der Waals surface area contributed by atoms with E-state index < -0.39 is 84.3 Å². The van der Waals surface area contributed by atoms with Crippen LogP contribution in [0.15, 0.2) is 133 Å². The number of methoxy groups -OCH3 is 4. The molecule has 6 N–H and O–H groups in total. The third-order valence-electron chi connectivity index (χ3n) is 15.2. The van der Waals surface area contributed by atoms with Crippen LogP contribution in [0.2, 0.25) is 0 Å². The Morgan fingerprint density at radius 3 is 1.02 bits per heavy atom. The van der Waals surface area contributed by atoms with Gasteiger partial charge < -0.3 is 78.9 Å². The van der Waals surface area contributed by atoms with Crippen molar-refractivity contribution in [1.29, 1.82) is 0 Å². The van der Waals surface area contributed by atoms with Gasteiger partial charge in [0.1, 0.15) is 46.3 Å². The maximum atomic E-state index is 14.4. The second-order valence-electron chi connectivity index (χ2n) is 22.5. The van der Waals surface area contributed by atoms with Gasteiger partial charge >= 0.3 is 37.7 Å². The average molecular weight is 1310 g/mol. The van der Waals surface area contributed by atoms with E-state index in [1.807, 2.05) is 36.8 Å². The molecule has 93 heavy (non-hydrogen) atoms. The summed E-state index contributed by atoms with van der Waals surface area (Å²) in [5.74, 6) is -4.44. The number of ether oxygens (including phenoxy) is 4. The van der Waals surface area contributed by atoms with Gasteiger partial charge in [-0.15, -0.1) is 0 Å². The van der Waals surface area contributed by atoms with Gasteiger partial charge in [-0.2, -0.15) is 0 Å². The molecule has 2 aromatic heterocycles. The van der Waals surface area contributed by atoms with Crippen molar-refractivity contribution in [3.63, 3.8) is 0 Å². The van der Waals surface area contributed by atoms with Crippen LogP contribution >= 0.6 is 0 Å². The number of hydrogen-bond donors (Lipinski definition) is 6. The molecule has 0 fully saturated rings.